The lowest BCUT2D eigenvalue weighted by Gasteiger charge is -2.45. The number of fused-ring (bicyclic) bond motifs is 4. The first kappa shape index (κ1) is 20.6. The van der Waals surface area contributed by atoms with E-state index in [-0.39, 0.29) is 17.9 Å². The van der Waals surface area contributed by atoms with Gasteiger partial charge in [-0.05, 0) is 47.7 Å². The zero-order valence-corrected chi connectivity index (χ0v) is 18.6. The number of methoxy groups -OCH3 is 1. The second kappa shape index (κ2) is 7.99. The minimum atomic E-state index is -0.550. The summed E-state index contributed by atoms with van der Waals surface area (Å²) in [7, 11) is 1.55. The Balaban J connectivity index is 1.63. The molecule has 2 aliphatic rings. The molecule has 0 fully saturated rings. The monoisotopic (exact) mass is 446 g/mol. The first-order valence-corrected chi connectivity index (χ1v) is 11.0. The molecule has 2 amide bonds. The highest BCUT2D eigenvalue weighted by Gasteiger charge is 2.46. The van der Waals surface area contributed by atoms with Crippen LogP contribution in [-0.4, -0.2) is 30.4 Å². The van der Waals surface area contributed by atoms with Gasteiger partial charge in [0.15, 0.2) is 0 Å². The first-order valence-electron chi connectivity index (χ1n) is 10.6. The van der Waals surface area contributed by atoms with Crippen LogP contribution >= 0.6 is 11.6 Å². The lowest BCUT2D eigenvalue weighted by molar-refractivity contribution is -0.119. The number of nitrogens with zero attached hydrogens (tertiary/aromatic N) is 1. The van der Waals surface area contributed by atoms with Crippen molar-refractivity contribution in [2.45, 2.75) is 25.3 Å². The normalized spacial score (nSPS) is 19.0. The Bertz CT molecular complexity index is 1240. The summed E-state index contributed by atoms with van der Waals surface area (Å²) in [6.07, 6.45) is 0.777. The molecule has 0 saturated heterocycles. The fourth-order valence-corrected chi connectivity index (χ4v) is 5.05. The Labute approximate surface area is 192 Å². The van der Waals surface area contributed by atoms with Crippen molar-refractivity contribution in [3.05, 3.63) is 93.5 Å². The van der Waals surface area contributed by atoms with Gasteiger partial charge in [-0.25, -0.2) is 0 Å². The van der Waals surface area contributed by atoms with Crippen LogP contribution < -0.4 is 10.1 Å². The van der Waals surface area contributed by atoms with Gasteiger partial charge in [-0.2, -0.15) is 0 Å². The van der Waals surface area contributed by atoms with Crippen LogP contribution in [0.2, 0.25) is 5.02 Å². The third-order valence-corrected chi connectivity index (χ3v) is 6.86. The van der Waals surface area contributed by atoms with Crippen molar-refractivity contribution in [1.29, 1.82) is 0 Å². The summed E-state index contributed by atoms with van der Waals surface area (Å²) < 4.78 is 5.46. The van der Waals surface area contributed by atoms with Crippen molar-refractivity contribution in [3.63, 3.8) is 0 Å². The number of halogens is 1. The molecule has 2 atom stereocenters. The van der Waals surface area contributed by atoms with Gasteiger partial charge >= 0.3 is 0 Å². The van der Waals surface area contributed by atoms with E-state index in [4.69, 9.17) is 16.3 Å². The molecule has 32 heavy (non-hydrogen) atoms. The Kier molecular flexibility index (Phi) is 5.14. The minimum Gasteiger partial charge on any atom is -0.495 e. The summed E-state index contributed by atoms with van der Waals surface area (Å²) in [6, 6.07) is 18.6. The molecule has 0 spiro atoms. The van der Waals surface area contributed by atoms with Gasteiger partial charge in [0.2, 0.25) is 5.91 Å². The van der Waals surface area contributed by atoms with Crippen LogP contribution in [0.25, 0.3) is 0 Å². The number of aryl methyl sites for hydroxylation is 1. The quantitative estimate of drug-likeness (QED) is 0.606. The molecule has 3 aromatic carbocycles. The number of nitrogens with one attached hydrogen (secondary N) is 1. The van der Waals surface area contributed by atoms with Gasteiger partial charge < -0.3 is 15.0 Å². The number of amides is 2. The van der Waals surface area contributed by atoms with Gasteiger partial charge in [0.05, 0.1) is 24.8 Å². The van der Waals surface area contributed by atoms with Gasteiger partial charge in [0, 0.05) is 23.2 Å². The molecule has 162 valence electrons. The van der Waals surface area contributed by atoms with E-state index in [1.54, 1.807) is 13.2 Å². The van der Waals surface area contributed by atoms with Crippen LogP contribution in [0.15, 0.2) is 60.7 Å². The maximum Gasteiger partial charge on any atom is 0.254 e. The number of ether oxygens (including phenoxy) is 1. The van der Waals surface area contributed by atoms with Crippen molar-refractivity contribution in [3.8, 4) is 5.75 Å². The molecule has 5 rings (SSSR count). The molecule has 2 aliphatic heterocycles. The molecule has 1 N–H and O–H groups in total. The fraction of sp³-hybridized carbons (Fsp3) is 0.231. The zero-order valence-electron chi connectivity index (χ0n) is 17.9. The number of rotatable bonds is 3. The van der Waals surface area contributed by atoms with Crippen molar-refractivity contribution in [1.82, 2.24) is 4.90 Å². The smallest absolute Gasteiger partial charge is 0.254 e. The van der Waals surface area contributed by atoms with Gasteiger partial charge in [-0.15, -0.1) is 0 Å². The van der Waals surface area contributed by atoms with Crippen LogP contribution in [0.5, 0.6) is 5.75 Å². The maximum absolute atomic E-state index is 13.8. The molecule has 0 unspecified atom stereocenters. The van der Waals surface area contributed by atoms with Crippen molar-refractivity contribution in [2.24, 2.45) is 0 Å². The van der Waals surface area contributed by atoms with E-state index in [1.807, 2.05) is 60.4 Å². The van der Waals surface area contributed by atoms with Crippen LogP contribution in [0.3, 0.4) is 0 Å². The predicted molar refractivity (Wildman–Crippen MR) is 124 cm³/mol. The highest BCUT2D eigenvalue weighted by atomic mass is 35.5. The number of anilines is 1. The van der Waals surface area contributed by atoms with Gasteiger partial charge in [0.1, 0.15) is 5.75 Å². The van der Waals surface area contributed by atoms with E-state index in [0.717, 1.165) is 23.1 Å². The molecule has 0 radical (unpaired) electrons. The largest absolute Gasteiger partial charge is 0.495 e. The highest BCUT2D eigenvalue weighted by Crippen LogP contribution is 2.46. The lowest BCUT2D eigenvalue weighted by atomic mass is 9.76. The average Bonchev–Trinajstić information content (AvgIpc) is 2.81. The molecule has 0 aromatic heterocycles. The second-order valence-electron chi connectivity index (χ2n) is 8.25. The van der Waals surface area contributed by atoms with Gasteiger partial charge in [-0.3, -0.25) is 9.59 Å². The molecule has 5 nitrogen and oxygen atoms in total. The summed E-state index contributed by atoms with van der Waals surface area (Å²) in [5, 5.41) is 3.63. The number of hydrogen-bond donors (Lipinski definition) is 1. The predicted octanol–water partition coefficient (Wildman–Crippen LogP) is 5.13. The average molecular weight is 447 g/mol. The first-order chi connectivity index (χ1) is 15.5. The molecular weight excluding hydrogens is 424 g/mol. The summed E-state index contributed by atoms with van der Waals surface area (Å²) >= 11 is 6.24. The Hall–Kier alpha value is -3.31. The Morgan fingerprint density at radius 3 is 2.59 bits per heavy atom. The van der Waals surface area contributed by atoms with E-state index < -0.39 is 5.92 Å². The third kappa shape index (κ3) is 3.24. The SMILES string of the molecule is COc1cc(Cl)c(C)cc1NC(=O)[C@@H]1c2ccccc2C(=O)N2CCc3ccccc3[C@@H]12. The summed E-state index contributed by atoms with van der Waals surface area (Å²) in [5.41, 5.74) is 4.94. The van der Waals surface area contributed by atoms with E-state index >= 15 is 0 Å². The summed E-state index contributed by atoms with van der Waals surface area (Å²) in [6.45, 7) is 2.47. The van der Waals surface area contributed by atoms with Crippen LogP contribution in [-0.2, 0) is 11.2 Å². The molecule has 0 bridgehead atoms. The minimum absolute atomic E-state index is 0.0240. The van der Waals surface area contributed by atoms with Crippen molar-refractivity contribution >= 4 is 29.1 Å². The van der Waals surface area contributed by atoms with E-state index in [0.29, 0.717) is 28.6 Å². The second-order valence-corrected chi connectivity index (χ2v) is 8.66. The number of benzene rings is 3. The standard InChI is InChI=1S/C26H23ClN2O3/c1-15-13-21(22(32-2)14-20(15)27)28-25(30)23-18-9-5-6-10-19(18)26(31)29-12-11-16-7-3-4-8-17(16)24(23)29/h3-10,13-14,23-24H,11-12H2,1-2H3,(H,28,30)/t23-,24+/m1/s1. The number of hydrogen-bond acceptors (Lipinski definition) is 3. The number of carbonyl (C=O) groups is 2. The molecule has 6 heteroatoms. The summed E-state index contributed by atoms with van der Waals surface area (Å²) in [4.78, 5) is 29.0. The van der Waals surface area contributed by atoms with Crippen LogP contribution in [0.1, 0.15) is 44.6 Å². The van der Waals surface area contributed by atoms with Gasteiger partial charge in [0.25, 0.3) is 5.91 Å². The topological polar surface area (TPSA) is 58.6 Å². The summed E-state index contributed by atoms with van der Waals surface area (Å²) in [5.74, 6) is -0.262. The van der Waals surface area contributed by atoms with Gasteiger partial charge in [-0.1, -0.05) is 54.1 Å². The molecule has 0 saturated carbocycles. The maximum atomic E-state index is 13.8. The Morgan fingerprint density at radius 2 is 1.81 bits per heavy atom. The fourth-order valence-electron chi connectivity index (χ4n) is 4.90. The highest BCUT2D eigenvalue weighted by molar-refractivity contribution is 6.31. The molecular formula is C26H23ClN2O3. The zero-order chi connectivity index (χ0) is 22.4. The molecule has 0 aliphatic carbocycles. The lowest BCUT2D eigenvalue weighted by Crippen LogP contribution is -2.49. The third-order valence-electron chi connectivity index (χ3n) is 6.46. The van der Waals surface area contributed by atoms with Crippen LogP contribution in [0, 0.1) is 6.92 Å². The molecule has 2 heterocycles. The molecule has 3 aromatic rings. The van der Waals surface area contributed by atoms with Crippen molar-refractivity contribution < 1.29 is 14.3 Å². The van der Waals surface area contributed by atoms with E-state index in [1.165, 1.54) is 5.56 Å². The van der Waals surface area contributed by atoms with E-state index in [9.17, 15) is 9.59 Å². The number of carbonyl (C=O) groups excluding carboxylic acids is 2. The van der Waals surface area contributed by atoms with Crippen LogP contribution in [0.4, 0.5) is 5.69 Å². The van der Waals surface area contributed by atoms with Crippen molar-refractivity contribution in [2.75, 3.05) is 19.0 Å². The Morgan fingerprint density at radius 1 is 1.09 bits per heavy atom. The van der Waals surface area contributed by atoms with E-state index in [2.05, 4.69) is 11.4 Å².